The van der Waals surface area contributed by atoms with Gasteiger partial charge in [0.2, 0.25) is 12.5 Å². The molecule has 35 heavy (non-hydrogen) atoms. The molecule has 7 atom stereocenters. The number of carbonyl (C=O) groups excluding carboxylic acids is 2. The maximum absolute atomic E-state index is 13.2. The van der Waals surface area contributed by atoms with Crippen LogP contribution in [0.15, 0.2) is 17.7 Å². The SMILES string of the molecule is CC=C(C)C(=O)OC1c2cc3c(c4c2C2(CO4)C(CC(=O)C(OC)C2OC)CC(C)C1C)OCO3. The Kier molecular flexibility index (Phi) is 6.08. The Hall–Kier alpha value is -2.58. The molecule has 5 rings (SSSR count). The van der Waals surface area contributed by atoms with Crippen LogP contribution in [0.5, 0.6) is 17.2 Å². The van der Waals surface area contributed by atoms with Gasteiger partial charge < -0.3 is 28.4 Å². The summed E-state index contributed by atoms with van der Waals surface area (Å²) in [4.78, 5) is 26.2. The number of rotatable bonds is 4. The molecule has 2 aliphatic heterocycles. The quantitative estimate of drug-likeness (QED) is 0.468. The van der Waals surface area contributed by atoms with Crippen molar-refractivity contribution in [3.63, 3.8) is 0 Å². The van der Waals surface area contributed by atoms with Crippen molar-refractivity contribution in [1.29, 1.82) is 0 Å². The van der Waals surface area contributed by atoms with Crippen molar-refractivity contribution < 1.29 is 38.0 Å². The summed E-state index contributed by atoms with van der Waals surface area (Å²) < 4.78 is 35.9. The monoisotopic (exact) mass is 486 g/mol. The number of hydrogen-bond donors (Lipinski definition) is 0. The Morgan fingerprint density at radius 1 is 1.11 bits per heavy atom. The van der Waals surface area contributed by atoms with Gasteiger partial charge in [-0.05, 0) is 38.2 Å². The molecular formula is C27H34O8. The van der Waals surface area contributed by atoms with E-state index < -0.39 is 23.7 Å². The fourth-order valence-corrected chi connectivity index (χ4v) is 6.52. The highest BCUT2D eigenvalue weighted by Gasteiger charge is 2.63. The molecule has 190 valence electrons. The van der Waals surface area contributed by atoms with E-state index in [2.05, 4.69) is 13.8 Å². The summed E-state index contributed by atoms with van der Waals surface area (Å²) in [7, 11) is 3.16. The van der Waals surface area contributed by atoms with Gasteiger partial charge >= 0.3 is 5.97 Å². The predicted molar refractivity (Wildman–Crippen MR) is 126 cm³/mol. The lowest BCUT2D eigenvalue weighted by Gasteiger charge is -2.51. The molecule has 1 spiro atoms. The van der Waals surface area contributed by atoms with E-state index in [4.69, 9.17) is 28.4 Å². The molecule has 0 saturated heterocycles. The minimum absolute atomic E-state index is 0.0112. The first-order valence-corrected chi connectivity index (χ1v) is 12.3. The maximum Gasteiger partial charge on any atom is 0.333 e. The summed E-state index contributed by atoms with van der Waals surface area (Å²) in [5.41, 5.74) is 1.60. The number of ketones is 1. The van der Waals surface area contributed by atoms with E-state index in [9.17, 15) is 9.59 Å². The normalized spacial score (nSPS) is 35.5. The fourth-order valence-electron chi connectivity index (χ4n) is 6.52. The molecule has 0 bridgehead atoms. The molecule has 0 amide bonds. The summed E-state index contributed by atoms with van der Waals surface area (Å²) in [6.45, 7) is 8.24. The molecule has 1 aromatic carbocycles. The number of methoxy groups -OCH3 is 2. The average molecular weight is 487 g/mol. The summed E-state index contributed by atoms with van der Waals surface area (Å²) in [6.07, 6.45) is 1.06. The van der Waals surface area contributed by atoms with Crippen LogP contribution in [0.2, 0.25) is 0 Å². The highest BCUT2D eigenvalue weighted by molar-refractivity contribution is 5.88. The highest BCUT2D eigenvalue weighted by Crippen LogP contribution is 2.62. The first kappa shape index (κ1) is 24.1. The zero-order valence-corrected chi connectivity index (χ0v) is 21.2. The summed E-state index contributed by atoms with van der Waals surface area (Å²) in [5.74, 6) is 1.52. The largest absolute Gasteiger partial charge is 0.488 e. The number of hydrogen-bond acceptors (Lipinski definition) is 8. The number of fused-ring (bicyclic) bond motifs is 2. The van der Waals surface area contributed by atoms with Crippen molar-refractivity contribution in [2.24, 2.45) is 17.8 Å². The highest BCUT2D eigenvalue weighted by atomic mass is 16.7. The Morgan fingerprint density at radius 3 is 2.57 bits per heavy atom. The van der Waals surface area contributed by atoms with Gasteiger partial charge in [-0.2, -0.15) is 0 Å². The fraction of sp³-hybridized carbons (Fsp3) is 0.630. The van der Waals surface area contributed by atoms with Crippen LogP contribution in [-0.4, -0.2) is 51.6 Å². The Balaban J connectivity index is 1.78. The summed E-state index contributed by atoms with van der Waals surface area (Å²) in [6, 6.07) is 1.93. The lowest BCUT2D eigenvalue weighted by Crippen LogP contribution is -2.62. The van der Waals surface area contributed by atoms with Crippen molar-refractivity contribution in [3.05, 3.63) is 28.8 Å². The lowest BCUT2D eigenvalue weighted by molar-refractivity contribution is -0.162. The van der Waals surface area contributed by atoms with E-state index in [1.54, 1.807) is 27.2 Å². The third kappa shape index (κ3) is 3.40. The molecule has 2 aliphatic carbocycles. The molecular weight excluding hydrogens is 452 g/mol. The van der Waals surface area contributed by atoms with Gasteiger partial charge in [0.1, 0.15) is 24.9 Å². The molecule has 4 aliphatic rings. The lowest BCUT2D eigenvalue weighted by atomic mass is 9.55. The first-order chi connectivity index (χ1) is 16.8. The number of carbonyl (C=O) groups is 2. The number of Topliss-reactive ketones (excluding diaryl/α,β-unsaturated/α-hetero) is 1. The van der Waals surface area contributed by atoms with Gasteiger partial charge in [0, 0.05) is 43.3 Å². The smallest absolute Gasteiger partial charge is 0.333 e. The van der Waals surface area contributed by atoms with E-state index in [1.165, 1.54) is 0 Å². The second-order valence-corrected chi connectivity index (χ2v) is 10.3. The van der Waals surface area contributed by atoms with Crippen LogP contribution in [0.3, 0.4) is 0 Å². The van der Waals surface area contributed by atoms with E-state index >= 15 is 0 Å². The van der Waals surface area contributed by atoms with Crippen LogP contribution in [0.25, 0.3) is 0 Å². The molecule has 1 aromatic rings. The second-order valence-electron chi connectivity index (χ2n) is 10.3. The van der Waals surface area contributed by atoms with E-state index in [-0.39, 0.29) is 36.3 Å². The van der Waals surface area contributed by atoms with Gasteiger partial charge in [0.25, 0.3) is 0 Å². The molecule has 1 fully saturated rings. The molecule has 8 heteroatoms. The Morgan fingerprint density at radius 2 is 1.89 bits per heavy atom. The Bertz CT molecular complexity index is 1080. The number of ether oxygens (including phenoxy) is 6. The van der Waals surface area contributed by atoms with E-state index in [0.29, 0.717) is 35.8 Å². The van der Waals surface area contributed by atoms with Crippen molar-refractivity contribution in [3.8, 4) is 17.2 Å². The standard InChI is InChI=1S/C27H34O8/c1-7-13(2)26(29)35-21-15(4)14(3)8-16-9-18(28)22(30-5)25(31-6)27(16)11-32-24-20(27)17(21)10-19-23(24)34-12-33-19/h7,10,14-16,21-22,25H,8-9,11-12H2,1-6H3. The van der Waals surface area contributed by atoms with Crippen molar-refractivity contribution >= 4 is 11.8 Å². The van der Waals surface area contributed by atoms with Gasteiger partial charge in [0.15, 0.2) is 17.3 Å². The topological polar surface area (TPSA) is 89.5 Å². The summed E-state index contributed by atoms with van der Waals surface area (Å²) >= 11 is 0. The van der Waals surface area contributed by atoms with Crippen LogP contribution in [0.4, 0.5) is 0 Å². The Labute approximate surface area is 205 Å². The molecule has 2 heterocycles. The second kappa shape index (κ2) is 8.82. The molecule has 8 nitrogen and oxygen atoms in total. The minimum Gasteiger partial charge on any atom is -0.488 e. The van der Waals surface area contributed by atoms with Crippen LogP contribution < -0.4 is 14.2 Å². The van der Waals surface area contributed by atoms with Gasteiger partial charge in [-0.1, -0.05) is 19.9 Å². The number of benzene rings is 1. The molecule has 1 saturated carbocycles. The number of esters is 1. The maximum atomic E-state index is 13.2. The molecule has 0 radical (unpaired) electrons. The van der Waals surface area contributed by atoms with Crippen LogP contribution >= 0.6 is 0 Å². The zero-order valence-electron chi connectivity index (χ0n) is 21.2. The van der Waals surface area contributed by atoms with Crippen LogP contribution in [0.1, 0.15) is 57.8 Å². The first-order valence-electron chi connectivity index (χ1n) is 12.3. The van der Waals surface area contributed by atoms with Gasteiger partial charge in [-0.25, -0.2) is 4.79 Å². The van der Waals surface area contributed by atoms with Gasteiger partial charge in [-0.3, -0.25) is 4.79 Å². The van der Waals surface area contributed by atoms with Gasteiger partial charge in [-0.15, -0.1) is 0 Å². The average Bonchev–Trinajstić information content (AvgIpc) is 3.47. The van der Waals surface area contributed by atoms with Gasteiger partial charge in [0.05, 0.1) is 5.41 Å². The van der Waals surface area contributed by atoms with E-state index in [1.807, 2.05) is 13.0 Å². The van der Waals surface area contributed by atoms with E-state index in [0.717, 1.165) is 17.5 Å². The van der Waals surface area contributed by atoms with Crippen molar-refractivity contribution in [2.75, 3.05) is 27.6 Å². The van der Waals surface area contributed by atoms with Crippen molar-refractivity contribution in [2.45, 2.75) is 64.3 Å². The van der Waals surface area contributed by atoms with Crippen LogP contribution in [0, 0.1) is 17.8 Å². The van der Waals surface area contributed by atoms with Crippen molar-refractivity contribution in [1.82, 2.24) is 0 Å². The zero-order chi connectivity index (χ0) is 25.1. The van der Waals surface area contributed by atoms with Crippen LogP contribution in [-0.2, 0) is 29.2 Å². The third-order valence-corrected chi connectivity index (χ3v) is 8.68. The summed E-state index contributed by atoms with van der Waals surface area (Å²) in [5, 5.41) is 0. The third-order valence-electron chi connectivity index (χ3n) is 8.68. The number of allylic oxidation sites excluding steroid dienone is 1. The minimum atomic E-state index is -0.720. The molecule has 0 aromatic heterocycles. The molecule has 0 N–H and O–H groups in total. The molecule has 7 unspecified atom stereocenters. The predicted octanol–water partition coefficient (Wildman–Crippen LogP) is 3.89.